The minimum absolute atomic E-state index is 0.0674. The third-order valence-electron chi connectivity index (χ3n) is 2.86. The molecule has 0 radical (unpaired) electrons. The van der Waals surface area contributed by atoms with Crippen LogP contribution in [0.5, 0.6) is 0 Å². The van der Waals surface area contributed by atoms with Gasteiger partial charge in [0, 0.05) is 0 Å². The summed E-state index contributed by atoms with van der Waals surface area (Å²) in [6.45, 7) is 7.86. The SMILES string of the molecule is CC#C/C(=C\CC/C(C)=C/COP(=O)(O)O)CCC=C(C)C. The molecule has 0 amide bonds. The first-order valence-corrected chi connectivity index (χ1v) is 8.88. The van der Waals surface area contributed by atoms with Crippen molar-refractivity contribution in [1.82, 2.24) is 0 Å². The van der Waals surface area contributed by atoms with Crippen LogP contribution in [0.25, 0.3) is 0 Å². The van der Waals surface area contributed by atoms with Gasteiger partial charge >= 0.3 is 7.82 Å². The maximum Gasteiger partial charge on any atom is 0.469 e. The maximum atomic E-state index is 10.5. The summed E-state index contributed by atoms with van der Waals surface area (Å²) >= 11 is 0. The summed E-state index contributed by atoms with van der Waals surface area (Å²) in [5, 5.41) is 0. The summed E-state index contributed by atoms with van der Waals surface area (Å²) < 4.78 is 14.9. The summed E-state index contributed by atoms with van der Waals surface area (Å²) in [5.74, 6) is 6.06. The molecule has 124 valence electrons. The molecule has 0 aromatic rings. The van der Waals surface area contributed by atoms with Gasteiger partial charge in [0.1, 0.15) is 0 Å². The minimum atomic E-state index is -4.37. The molecule has 22 heavy (non-hydrogen) atoms. The molecule has 0 aromatic carbocycles. The lowest BCUT2D eigenvalue weighted by molar-refractivity contribution is 0.215. The van der Waals surface area contributed by atoms with Gasteiger partial charge in [0.15, 0.2) is 0 Å². The van der Waals surface area contributed by atoms with E-state index in [9.17, 15) is 4.57 Å². The molecule has 0 unspecified atom stereocenters. The van der Waals surface area contributed by atoms with Crippen LogP contribution in [0.2, 0.25) is 0 Å². The van der Waals surface area contributed by atoms with Crippen molar-refractivity contribution < 1.29 is 18.9 Å². The van der Waals surface area contributed by atoms with Crippen molar-refractivity contribution in [2.75, 3.05) is 6.61 Å². The number of phosphoric ester groups is 1. The Kier molecular flexibility index (Phi) is 10.9. The first-order valence-electron chi connectivity index (χ1n) is 7.35. The molecule has 0 atom stereocenters. The smallest absolute Gasteiger partial charge is 0.303 e. The molecule has 0 saturated carbocycles. The molecule has 0 aromatic heterocycles. The van der Waals surface area contributed by atoms with Crippen molar-refractivity contribution in [3.05, 3.63) is 34.9 Å². The van der Waals surface area contributed by atoms with E-state index in [4.69, 9.17) is 9.79 Å². The molecular weight excluding hydrogens is 299 g/mol. The predicted molar refractivity (Wildman–Crippen MR) is 91.2 cm³/mol. The van der Waals surface area contributed by atoms with Gasteiger partial charge in [0.2, 0.25) is 0 Å². The van der Waals surface area contributed by atoms with Crippen LogP contribution in [0.1, 0.15) is 53.4 Å². The van der Waals surface area contributed by atoms with Gasteiger partial charge in [-0.3, -0.25) is 4.52 Å². The van der Waals surface area contributed by atoms with Gasteiger partial charge in [-0.2, -0.15) is 0 Å². The van der Waals surface area contributed by atoms with Crippen molar-refractivity contribution in [3.8, 4) is 11.8 Å². The van der Waals surface area contributed by atoms with E-state index in [2.05, 4.69) is 42.4 Å². The third-order valence-corrected chi connectivity index (χ3v) is 3.34. The van der Waals surface area contributed by atoms with E-state index in [0.717, 1.165) is 36.8 Å². The van der Waals surface area contributed by atoms with E-state index in [-0.39, 0.29) is 6.61 Å². The highest BCUT2D eigenvalue weighted by atomic mass is 31.2. The molecule has 0 fully saturated rings. The molecule has 5 heteroatoms. The Balaban J connectivity index is 4.32. The van der Waals surface area contributed by atoms with E-state index in [1.165, 1.54) is 5.57 Å². The number of allylic oxidation sites excluding steroid dienone is 5. The Labute approximate surface area is 134 Å². The van der Waals surface area contributed by atoms with Crippen molar-refractivity contribution in [3.63, 3.8) is 0 Å². The largest absolute Gasteiger partial charge is 0.469 e. The molecule has 2 N–H and O–H groups in total. The monoisotopic (exact) mass is 326 g/mol. The lowest BCUT2D eigenvalue weighted by Gasteiger charge is -2.03. The van der Waals surface area contributed by atoms with Crippen molar-refractivity contribution in [1.29, 1.82) is 0 Å². The predicted octanol–water partition coefficient (Wildman–Crippen LogP) is 4.52. The van der Waals surface area contributed by atoms with Gasteiger partial charge in [-0.1, -0.05) is 35.3 Å². The molecule has 0 bridgehead atoms. The lowest BCUT2D eigenvalue weighted by Crippen LogP contribution is -1.90. The zero-order valence-corrected chi connectivity index (χ0v) is 14.8. The number of hydrogen-bond donors (Lipinski definition) is 2. The van der Waals surface area contributed by atoms with E-state index in [0.29, 0.717) is 0 Å². The van der Waals surface area contributed by atoms with Gasteiger partial charge in [-0.05, 0) is 59.0 Å². The van der Waals surface area contributed by atoms with Gasteiger partial charge in [-0.15, -0.1) is 5.92 Å². The fraction of sp³-hybridized carbons (Fsp3) is 0.529. The van der Waals surface area contributed by atoms with Crippen LogP contribution in [-0.4, -0.2) is 16.4 Å². The summed E-state index contributed by atoms with van der Waals surface area (Å²) in [7, 11) is -4.37. The first-order chi connectivity index (χ1) is 10.2. The second kappa shape index (κ2) is 11.5. The fourth-order valence-electron chi connectivity index (χ4n) is 1.75. The Morgan fingerprint density at radius 1 is 1.09 bits per heavy atom. The standard InChI is InChI=1S/C17H27O4P/c1-5-8-17(11-6-9-15(2)3)12-7-10-16(4)13-14-21-22(18,19)20/h9,12-13H,6-7,10-11,14H2,1-4H3,(H2,18,19,20)/b16-13+,17-12+. The topological polar surface area (TPSA) is 66.8 Å². The molecule has 4 nitrogen and oxygen atoms in total. The highest BCUT2D eigenvalue weighted by Crippen LogP contribution is 2.35. The number of hydrogen-bond acceptors (Lipinski definition) is 2. The first kappa shape index (κ1) is 20.9. The van der Waals surface area contributed by atoms with Crippen LogP contribution in [0.4, 0.5) is 0 Å². The summed E-state index contributed by atoms with van der Waals surface area (Å²) in [6.07, 6.45) is 9.65. The zero-order valence-electron chi connectivity index (χ0n) is 13.9. The molecule has 0 saturated heterocycles. The van der Waals surface area contributed by atoms with Crippen molar-refractivity contribution in [2.24, 2.45) is 0 Å². The zero-order chi connectivity index (χ0) is 17.0. The molecule has 0 spiro atoms. The van der Waals surface area contributed by atoms with Crippen molar-refractivity contribution >= 4 is 7.82 Å². The highest BCUT2D eigenvalue weighted by Gasteiger charge is 2.11. The van der Waals surface area contributed by atoms with Gasteiger partial charge in [0.25, 0.3) is 0 Å². The Bertz CT molecular complexity index is 523. The van der Waals surface area contributed by atoms with Gasteiger partial charge in [-0.25, -0.2) is 4.57 Å². The number of rotatable bonds is 9. The summed E-state index contributed by atoms with van der Waals surface area (Å²) in [5.41, 5.74) is 3.49. The normalized spacial score (nSPS) is 12.6. The van der Waals surface area contributed by atoms with E-state index in [1.807, 2.05) is 13.8 Å². The summed E-state index contributed by atoms with van der Waals surface area (Å²) in [6, 6.07) is 0. The third kappa shape index (κ3) is 13.9. The summed E-state index contributed by atoms with van der Waals surface area (Å²) in [4.78, 5) is 17.2. The highest BCUT2D eigenvalue weighted by molar-refractivity contribution is 7.46. The fourth-order valence-corrected chi connectivity index (χ4v) is 2.01. The molecule has 0 heterocycles. The van der Waals surface area contributed by atoms with E-state index in [1.54, 1.807) is 6.08 Å². The van der Waals surface area contributed by atoms with Gasteiger partial charge in [0.05, 0.1) is 6.61 Å². The van der Waals surface area contributed by atoms with E-state index < -0.39 is 7.82 Å². The average molecular weight is 326 g/mol. The Morgan fingerprint density at radius 3 is 2.27 bits per heavy atom. The average Bonchev–Trinajstić information content (AvgIpc) is 2.36. The van der Waals surface area contributed by atoms with Crippen LogP contribution in [0, 0.1) is 11.8 Å². The molecule has 0 rings (SSSR count). The second-order valence-corrected chi connectivity index (χ2v) is 6.54. The molecule has 0 aliphatic carbocycles. The van der Waals surface area contributed by atoms with Crippen molar-refractivity contribution in [2.45, 2.75) is 53.4 Å². The molecule has 0 aliphatic rings. The van der Waals surface area contributed by atoms with Gasteiger partial charge < -0.3 is 9.79 Å². The maximum absolute atomic E-state index is 10.5. The Hall–Kier alpha value is -1.11. The Morgan fingerprint density at radius 2 is 1.73 bits per heavy atom. The number of phosphoric acid groups is 1. The lowest BCUT2D eigenvalue weighted by atomic mass is 10.1. The van der Waals surface area contributed by atoms with Crippen LogP contribution in [0.3, 0.4) is 0 Å². The van der Waals surface area contributed by atoms with E-state index >= 15 is 0 Å². The van der Waals surface area contributed by atoms with Crippen LogP contribution < -0.4 is 0 Å². The van der Waals surface area contributed by atoms with Crippen LogP contribution in [0.15, 0.2) is 34.9 Å². The quantitative estimate of drug-likeness (QED) is 0.371. The second-order valence-electron chi connectivity index (χ2n) is 5.30. The van der Waals surface area contributed by atoms with Crippen LogP contribution in [-0.2, 0) is 9.09 Å². The minimum Gasteiger partial charge on any atom is -0.303 e. The van der Waals surface area contributed by atoms with Crippen LogP contribution >= 0.6 is 7.82 Å². The molecular formula is C17H27O4P. The molecule has 0 aliphatic heterocycles.